The van der Waals surface area contributed by atoms with Crippen LogP contribution in [0.2, 0.25) is 0 Å². The molecule has 0 radical (unpaired) electrons. The van der Waals surface area contributed by atoms with Crippen LogP contribution in [0.4, 0.5) is 4.39 Å². The van der Waals surface area contributed by atoms with Gasteiger partial charge in [0.05, 0.1) is 5.92 Å². The predicted octanol–water partition coefficient (Wildman–Crippen LogP) is 4.17. The SMILES string of the molecule is CC(C(=O)O)c1ccccc1Sc1cccc(F)c1. The van der Waals surface area contributed by atoms with E-state index in [2.05, 4.69) is 0 Å². The number of aliphatic carboxylic acids is 1. The fraction of sp³-hybridized carbons (Fsp3) is 0.133. The van der Waals surface area contributed by atoms with Crippen LogP contribution in [0.15, 0.2) is 58.3 Å². The summed E-state index contributed by atoms with van der Waals surface area (Å²) in [5.41, 5.74) is 0.740. The molecule has 19 heavy (non-hydrogen) atoms. The Morgan fingerprint density at radius 1 is 1.21 bits per heavy atom. The molecule has 0 aliphatic carbocycles. The monoisotopic (exact) mass is 276 g/mol. The van der Waals surface area contributed by atoms with Crippen molar-refractivity contribution in [1.82, 2.24) is 0 Å². The van der Waals surface area contributed by atoms with E-state index in [4.69, 9.17) is 5.11 Å². The summed E-state index contributed by atoms with van der Waals surface area (Å²) in [4.78, 5) is 12.7. The van der Waals surface area contributed by atoms with Crippen molar-refractivity contribution in [3.05, 3.63) is 59.9 Å². The molecule has 1 N–H and O–H groups in total. The van der Waals surface area contributed by atoms with E-state index in [9.17, 15) is 9.18 Å². The molecule has 2 rings (SSSR count). The number of rotatable bonds is 4. The largest absolute Gasteiger partial charge is 0.481 e. The second kappa shape index (κ2) is 5.89. The standard InChI is InChI=1S/C15H13FO2S/c1-10(15(17)18)13-7-2-3-8-14(13)19-12-6-4-5-11(16)9-12/h2-10H,1H3,(H,17,18). The molecule has 0 amide bonds. The molecule has 0 spiro atoms. The molecule has 1 unspecified atom stereocenters. The molecule has 0 heterocycles. The summed E-state index contributed by atoms with van der Waals surface area (Å²) in [5.74, 6) is -1.75. The number of hydrogen-bond acceptors (Lipinski definition) is 2. The molecule has 0 bridgehead atoms. The topological polar surface area (TPSA) is 37.3 Å². The van der Waals surface area contributed by atoms with E-state index in [-0.39, 0.29) is 5.82 Å². The minimum atomic E-state index is -0.868. The minimum absolute atomic E-state index is 0.297. The molecule has 0 fully saturated rings. The lowest BCUT2D eigenvalue weighted by atomic mass is 10.0. The number of hydrogen-bond donors (Lipinski definition) is 1. The van der Waals surface area contributed by atoms with Crippen LogP contribution in [0.3, 0.4) is 0 Å². The maximum Gasteiger partial charge on any atom is 0.310 e. The van der Waals surface area contributed by atoms with Crippen LogP contribution in [0.5, 0.6) is 0 Å². The Morgan fingerprint density at radius 2 is 1.95 bits per heavy atom. The lowest BCUT2D eigenvalue weighted by Crippen LogP contribution is -2.08. The van der Waals surface area contributed by atoms with Gasteiger partial charge in [0.15, 0.2) is 0 Å². The number of carboxylic acids is 1. The summed E-state index contributed by atoms with van der Waals surface area (Å²) in [6.45, 7) is 1.65. The first-order chi connectivity index (χ1) is 9.08. The van der Waals surface area contributed by atoms with Crippen molar-refractivity contribution in [2.75, 3.05) is 0 Å². The van der Waals surface area contributed by atoms with Crippen molar-refractivity contribution in [1.29, 1.82) is 0 Å². The van der Waals surface area contributed by atoms with Crippen molar-refractivity contribution in [2.24, 2.45) is 0 Å². The number of carboxylic acid groups (broad SMARTS) is 1. The van der Waals surface area contributed by atoms with Crippen LogP contribution >= 0.6 is 11.8 Å². The smallest absolute Gasteiger partial charge is 0.310 e. The summed E-state index contributed by atoms with van der Waals surface area (Å²) in [7, 11) is 0. The van der Waals surface area contributed by atoms with Crippen molar-refractivity contribution < 1.29 is 14.3 Å². The third-order valence-electron chi connectivity index (χ3n) is 2.78. The molecule has 1 atom stereocenters. The third-order valence-corrected chi connectivity index (χ3v) is 3.86. The summed E-state index contributed by atoms with van der Waals surface area (Å²) in [6.07, 6.45) is 0. The summed E-state index contributed by atoms with van der Waals surface area (Å²) in [5, 5.41) is 9.10. The van der Waals surface area contributed by atoms with Gasteiger partial charge >= 0.3 is 5.97 Å². The van der Waals surface area contributed by atoms with Crippen LogP contribution in [0.1, 0.15) is 18.4 Å². The first-order valence-electron chi connectivity index (χ1n) is 5.83. The Bertz CT molecular complexity index is 598. The second-order valence-electron chi connectivity index (χ2n) is 4.16. The van der Waals surface area contributed by atoms with Gasteiger partial charge in [-0.05, 0) is 36.8 Å². The van der Waals surface area contributed by atoms with E-state index in [0.29, 0.717) is 0 Å². The van der Waals surface area contributed by atoms with Crippen LogP contribution in [0, 0.1) is 5.82 Å². The van der Waals surface area contributed by atoms with E-state index in [1.54, 1.807) is 25.1 Å². The molecule has 0 saturated heterocycles. The van der Waals surface area contributed by atoms with Crippen molar-refractivity contribution >= 4 is 17.7 Å². The highest BCUT2D eigenvalue weighted by Gasteiger charge is 2.17. The van der Waals surface area contributed by atoms with Gasteiger partial charge in [-0.2, -0.15) is 0 Å². The van der Waals surface area contributed by atoms with Gasteiger partial charge in [0.2, 0.25) is 0 Å². The Kier molecular flexibility index (Phi) is 4.22. The normalized spacial score (nSPS) is 12.1. The summed E-state index contributed by atoms with van der Waals surface area (Å²) >= 11 is 1.37. The van der Waals surface area contributed by atoms with Crippen LogP contribution < -0.4 is 0 Å². The zero-order chi connectivity index (χ0) is 13.8. The molecule has 2 aromatic carbocycles. The molecule has 0 aliphatic heterocycles. The first-order valence-corrected chi connectivity index (χ1v) is 6.64. The minimum Gasteiger partial charge on any atom is -0.481 e. The van der Waals surface area contributed by atoms with Gasteiger partial charge in [-0.3, -0.25) is 4.79 Å². The quantitative estimate of drug-likeness (QED) is 0.910. The predicted molar refractivity (Wildman–Crippen MR) is 73.0 cm³/mol. The van der Waals surface area contributed by atoms with Crippen molar-refractivity contribution in [3.8, 4) is 0 Å². The van der Waals surface area contributed by atoms with Gasteiger partial charge in [0.1, 0.15) is 5.82 Å². The average molecular weight is 276 g/mol. The second-order valence-corrected chi connectivity index (χ2v) is 5.27. The van der Waals surface area contributed by atoms with Crippen molar-refractivity contribution in [3.63, 3.8) is 0 Å². The summed E-state index contributed by atoms with van der Waals surface area (Å²) in [6, 6.07) is 13.6. The van der Waals surface area contributed by atoms with E-state index >= 15 is 0 Å². The zero-order valence-corrected chi connectivity index (χ0v) is 11.2. The molecule has 2 aromatic rings. The van der Waals surface area contributed by atoms with Crippen LogP contribution in [-0.4, -0.2) is 11.1 Å². The van der Waals surface area contributed by atoms with Crippen LogP contribution in [-0.2, 0) is 4.79 Å². The number of carbonyl (C=O) groups is 1. The Morgan fingerprint density at radius 3 is 2.63 bits per heavy atom. The van der Waals surface area contributed by atoms with Gasteiger partial charge in [0, 0.05) is 9.79 Å². The Balaban J connectivity index is 2.33. The summed E-state index contributed by atoms with van der Waals surface area (Å²) < 4.78 is 13.1. The number of halogens is 1. The van der Waals surface area contributed by atoms with E-state index in [1.165, 1.54) is 23.9 Å². The highest BCUT2D eigenvalue weighted by molar-refractivity contribution is 7.99. The van der Waals surface area contributed by atoms with Gasteiger partial charge in [0.25, 0.3) is 0 Å². The van der Waals surface area contributed by atoms with Crippen molar-refractivity contribution in [2.45, 2.75) is 22.6 Å². The highest BCUT2D eigenvalue weighted by Crippen LogP contribution is 2.34. The van der Waals surface area contributed by atoms with Crippen LogP contribution in [0.25, 0.3) is 0 Å². The molecule has 0 aromatic heterocycles. The Labute approximate surface area is 115 Å². The number of benzene rings is 2. The lowest BCUT2D eigenvalue weighted by Gasteiger charge is -2.12. The van der Waals surface area contributed by atoms with Gasteiger partial charge in [-0.1, -0.05) is 36.0 Å². The lowest BCUT2D eigenvalue weighted by molar-refractivity contribution is -0.138. The Hall–Kier alpha value is -1.81. The average Bonchev–Trinajstić information content (AvgIpc) is 2.38. The van der Waals surface area contributed by atoms with Gasteiger partial charge < -0.3 is 5.11 Å². The van der Waals surface area contributed by atoms with E-state index in [1.807, 2.05) is 18.2 Å². The van der Waals surface area contributed by atoms with E-state index in [0.717, 1.165) is 15.4 Å². The molecular formula is C15H13FO2S. The molecular weight excluding hydrogens is 263 g/mol. The molecule has 0 aliphatic rings. The molecule has 0 saturated carbocycles. The molecule has 2 nitrogen and oxygen atoms in total. The molecule has 98 valence electrons. The fourth-order valence-corrected chi connectivity index (χ4v) is 2.80. The molecule has 4 heteroatoms. The van der Waals surface area contributed by atoms with E-state index < -0.39 is 11.9 Å². The maximum absolute atomic E-state index is 13.1. The fourth-order valence-electron chi connectivity index (χ4n) is 1.72. The highest BCUT2D eigenvalue weighted by atomic mass is 32.2. The zero-order valence-electron chi connectivity index (χ0n) is 10.3. The van der Waals surface area contributed by atoms with Gasteiger partial charge in [-0.15, -0.1) is 0 Å². The maximum atomic E-state index is 13.1. The first kappa shape index (κ1) is 13.6. The third kappa shape index (κ3) is 3.35. The van der Waals surface area contributed by atoms with Gasteiger partial charge in [-0.25, -0.2) is 4.39 Å².